The summed E-state index contributed by atoms with van der Waals surface area (Å²) in [4.78, 5) is 29.2. The number of aromatic nitrogens is 2. The molecule has 2 amide bonds. The second-order valence-corrected chi connectivity index (χ2v) is 9.42. The van der Waals surface area contributed by atoms with Gasteiger partial charge in [-0.2, -0.15) is 0 Å². The molecule has 4 rings (SSSR count). The quantitative estimate of drug-likeness (QED) is 0.539. The van der Waals surface area contributed by atoms with Crippen LogP contribution in [-0.2, 0) is 6.54 Å². The van der Waals surface area contributed by atoms with Gasteiger partial charge in [-0.3, -0.25) is 10.1 Å². The lowest BCUT2D eigenvalue weighted by Gasteiger charge is -2.29. The summed E-state index contributed by atoms with van der Waals surface area (Å²) in [6.45, 7) is 9.06. The maximum atomic E-state index is 12.9. The predicted octanol–water partition coefficient (Wildman–Crippen LogP) is 4.40. The van der Waals surface area contributed by atoms with Gasteiger partial charge in [0.1, 0.15) is 0 Å². The third kappa shape index (κ3) is 4.75. The number of dihydropyridines is 1. The minimum Gasteiger partial charge on any atom is -0.379 e. The van der Waals surface area contributed by atoms with Crippen LogP contribution in [-0.4, -0.2) is 27.7 Å². The van der Waals surface area contributed by atoms with Crippen LogP contribution in [0.5, 0.6) is 0 Å². The number of nitrogens with zero attached hydrogens (tertiary/aromatic N) is 2. The molecular formula is C24H27N5O2S. The lowest BCUT2D eigenvalue weighted by molar-refractivity contribution is 0.252. The molecule has 0 fully saturated rings. The molecule has 32 heavy (non-hydrogen) atoms. The number of hydrogen-bond acceptors (Lipinski definition) is 5. The van der Waals surface area contributed by atoms with Gasteiger partial charge in [-0.15, -0.1) is 0 Å². The fourth-order valence-electron chi connectivity index (χ4n) is 3.73. The van der Waals surface area contributed by atoms with Gasteiger partial charge < -0.3 is 15.2 Å². The summed E-state index contributed by atoms with van der Waals surface area (Å²) in [6, 6.07) is 9.31. The highest BCUT2D eigenvalue weighted by Gasteiger charge is 2.18. The van der Waals surface area contributed by atoms with Crippen molar-refractivity contribution in [2.24, 2.45) is 0 Å². The van der Waals surface area contributed by atoms with Crippen molar-refractivity contribution < 1.29 is 4.79 Å². The first-order valence-electron chi connectivity index (χ1n) is 10.6. The van der Waals surface area contributed by atoms with Gasteiger partial charge in [0.05, 0.1) is 22.3 Å². The van der Waals surface area contributed by atoms with E-state index >= 15 is 0 Å². The van der Waals surface area contributed by atoms with Crippen LogP contribution in [0.1, 0.15) is 26.5 Å². The second-order valence-electron chi connectivity index (χ2n) is 8.39. The number of fused-ring (bicyclic) bond motifs is 1. The largest absolute Gasteiger partial charge is 0.379 e. The first-order chi connectivity index (χ1) is 15.2. The Hall–Kier alpha value is -3.39. The first kappa shape index (κ1) is 21.8. The van der Waals surface area contributed by atoms with Crippen LogP contribution >= 0.6 is 11.3 Å². The normalized spacial score (nSPS) is 14.7. The lowest BCUT2D eigenvalue weighted by atomic mass is 10.0. The molecule has 0 spiro atoms. The van der Waals surface area contributed by atoms with Crippen LogP contribution in [0.3, 0.4) is 0 Å². The molecule has 8 heteroatoms. The number of rotatable bonds is 5. The summed E-state index contributed by atoms with van der Waals surface area (Å²) in [5.41, 5.74) is 4.27. The molecule has 7 nitrogen and oxygen atoms in total. The second kappa shape index (κ2) is 8.63. The maximum Gasteiger partial charge on any atom is 0.321 e. The van der Waals surface area contributed by atoms with E-state index in [0.29, 0.717) is 18.2 Å². The summed E-state index contributed by atoms with van der Waals surface area (Å²) in [5, 5.41) is 9.44. The smallest absolute Gasteiger partial charge is 0.321 e. The standard InChI is InChI=1S/C24H27N5O2S/c1-5-25-22(31)27-23-26-19-12-16(8-9-20(19)32-23)17-11-15(2)29(21(30)13-17)14-18-7-6-10-24(3,4)28-18/h6-13,28H,5,14H2,1-4H3,(H2,25,26,27,31). The van der Waals surface area contributed by atoms with Gasteiger partial charge >= 0.3 is 6.03 Å². The van der Waals surface area contributed by atoms with E-state index in [4.69, 9.17) is 0 Å². The molecule has 3 N–H and O–H groups in total. The zero-order valence-corrected chi connectivity index (χ0v) is 19.5. The third-order valence-corrected chi connectivity index (χ3v) is 6.19. The Morgan fingerprint density at radius 1 is 1.22 bits per heavy atom. The van der Waals surface area contributed by atoms with Gasteiger partial charge in [0, 0.05) is 24.0 Å². The van der Waals surface area contributed by atoms with Gasteiger partial charge in [-0.05, 0) is 63.1 Å². The van der Waals surface area contributed by atoms with E-state index in [9.17, 15) is 9.59 Å². The fourth-order valence-corrected chi connectivity index (χ4v) is 4.57. The molecule has 1 aliphatic rings. The van der Waals surface area contributed by atoms with Crippen molar-refractivity contribution in [2.75, 3.05) is 11.9 Å². The molecule has 0 radical (unpaired) electrons. The number of hydrogen-bond donors (Lipinski definition) is 3. The van der Waals surface area contributed by atoms with E-state index in [1.54, 1.807) is 10.6 Å². The monoisotopic (exact) mass is 449 g/mol. The third-order valence-electron chi connectivity index (χ3n) is 5.24. The molecular weight excluding hydrogens is 422 g/mol. The average molecular weight is 450 g/mol. The van der Waals surface area contributed by atoms with Gasteiger partial charge in [-0.25, -0.2) is 9.78 Å². The molecule has 0 saturated heterocycles. The lowest BCUT2D eigenvalue weighted by Crippen LogP contribution is -2.40. The molecule has 0 atom stereocenters. The Labute approximate surface area is 190 Å². The molecule has 166 valence electrons. The Kier molecular flexibility index (Phi) is 5.88. The summed E-state index contributed by atoms with van der Waals surface area (Å²) >= 11 is 1.42. The van der Waals surface area contributed by atoms with E-state index in [1.807, 2.05) is 50.3 Å². The van der Waals surface area contributed by atoms with Crippen molar-refractivity contribution >= 4 is 32.7 Å². The zero-order chi connectivity index (χ0) is 22.9. The summed E-state index contributed by atoms with van der Waals surface area (Å²) in [5.74, 6) is 0. The molecule has 3 aromatic rings. The van der Waals surface area contributed by atoms with E-state index < -0.39 is 0 Å². The topological polar surface area (TPSA) is 88.1 Å². The van der Waals surface area contributed by atoms with Crippen LogP contribution in [0.2, 0.25) is 0 Å². The average Bonchev–Trinajstić information content (AvgIpc) is 3.11. The van der Waals surface area contributed by atoms with Gasteiger partial charge in [0.15, 0.2) is 5.13 Å². The molecule has 0 saturated carbocycles. The highest BCUT2D eigenvalue weighted by molar-refractivity contribution is 7.22. The zero-order valence-electron chi connectivity index (χ0n) is 18.7. The molecule has 3 heterocycles. The van der Waals surface area contributed by atoms with E-state index in [-0.39, 0.29) is 17.1 Å². The van der Waals surface area contributed by atoms with Gasteiger partial charge in [0.2, 0.25) is 0 Å². The summed E-state index contributed by atoms with van der Waals surface area (Å²) < 4.78 is 2.74. The fraction of sp³-hybridized carbons (Fsp3) is 0.292. The number of allylic oxidation sites excluding steroid dienone is 3. The van der Waals surface area contributed by atoms with Crippen molar-refractivity contribution in [3.8, 4) is 11.1 Å². The number of urea groups is 1. The van der Waals surface area contributed by atoms with Crippen molar-refractivity contribution in [3.63, 3.8) is 0 Å². The molecule has 0 bridgehead atoms. The number of anilines is 1. The Balaban J connectivity index is 1.60. The number of carbonyl (C=O) groups is 1. The molecule has 1 aromatic carbocycles. The van der Waals surface area contributed by atoms with E-state index in [0.717, 1.165) is 32.7 Å². The molecule has 2 aromatic heterocycles. The van der Waals surface area contributed by atoms with Crippen LogP contribution in [0.4, 0.5) is 9.93 Å². The van der Waals surface area contributed by atoms with Crippen molar-refractivity contribution in [2.45, 2.75) is 39.8 Å². The highest BCUT2D eigenvalue weighted by atomic mass is 32.1. The van der Waals surface area contributed by atoms with Crippen LogP contribution in [0.25, 0.3) is 21.3 Å². The summed E-state index contributed by atoms with van der Waals surface area (Å²) in [6.07, 6.45) is 6.13. The van der Waals surface area contributed by atoms with Crippen LogP contribution in [0, 0.1) is 6.92 Å². The minimum atomic E-state index is -0.271. The maximum absolute atomic E-state index is 12.9. The molecule has 0 aliphatic carbocycles. The Bertz CT molecular complexity index is 1300. The Morgan fingerprint density at radius 2 is 2.03 bits per heavy atom. The van der Waals surface area contributed by atoms with Gasteiger partial charge in [-0.1, -0.05) is 29.6 Å². The van der Waals surface area contributed by atoms with Gasteiger partial charge in [0.25, 0.3) is 5.56 Å². The summed E-state index contributed by atoms with van der Waals surface area (Å²) in [7, 11) is 0. The molecule has 1 aliphatic heterocycles. The molecule has 0 unspecified atom stereocenters. The highest BCUT2D eigenvalue weighted by Crippen LogP contribution is 2.30. The van der Waals surface area contributed by atoms with Crippen LogP contribution in [0.15, 0.2) is 59.1 Å². The number of nitrogens with one attached hydrogen (secondary N) is 3. The SMILES string of the molecule is CCNC(=O)Nc1nc2cc(-c3cc(C)n(CC4=CC=CC(C)(C)N4)c(=O)c3)ccc2s1. The first-order valence-corrected chi connectivity index (χ1v) is 11.4. The van der Waals surface area contributed by atoms with Crippen molar-refractivity contribution in [3.05, 3.63) is 70.3 Å². The van der Waals surface area contributed by atoms with Crippen LogP contribution < -0.4 is 21.5 Å². The number of thiazole rings is 1. The van der Waals surface area contributed by atoms with E-state index in [1.165, 1.54) is 11.3 Å². The number of aryl methyl sites for hydroxylation is 1. The van der Waals surface area contributed by atoms with Crippen molar-refractivity contribution in [1.82, 2.24) is 20.2 Å². The number of benzene rings is 1. The number of amides is 2. The van der Waals surface area contributed by atoms with Crippen molar-refractivity contribution in [1.29, 1.82) is 0 Å². The Morgan fingerprint density at radius 3 is 2.75 bits per heavy atom. The minimum absolute atomic E-state index is 0.0490. The number of pyridine rings is 1. The van der Waals surface area contributed by atoms with E-state index in [2.05, 4.69) is 40.9 Å². The predicted molar refractivity (Wildman–Crippen MR) is 131 cm³/mol. The number of carbonyl (C=O) groups excluding carboxylic acids is 1.